The monoisotopic (exact) mass is 412 g/mol. The molecule has 3 rings (SSSR count). The Kier molecular flexibility index (Phi) is 5.58. The molecular formula is C24H26Cl2N2. The molecule has 0 amide bonds. The summed E-state index contributed by atoms with van der Waals surface area (Å²) in [7, 11) is 0. The summed E-state index contributed by atoms with van der Waals surface area (Å²) in [6, 6.07) is 10.7. The van der Waals surface area contributed by atoms with Crippen LogP contribution in [0.2, 0.25) is 10.0 Å². The van der Waals surface area contributed by atoms with E-state index in [4.69, 9.17) is 23.2 Å². The first-order valence-electron chi connectivity index (χ1n) is 9.37. The smallest absolute Gasteiger partial charge is 0.115 e. The number of hydrogen-bond donors (Lipinski definition) is 0. The highest BCUT2D eigenvalue weighted by Crippen LogP contribution is 2.40. The number of nitrogens with zero attached hydrogens (tertiary/aromatic N) is 2. The number of aromatic nitrogens is 2. The Morgan fingerprint density at radius 3 is 1.46 bits per heavy atom. The van der Waals surface area contributed by atoms with Crippen LogP contribution in [0.15, 0.2) is 49.1 Å². The van der Waals surface area contributed by atoms with Gasteiger partial charge in [-0.1, -0.05) is 82.9 Å². The van der Waals surface area contributed by atoms with Gasteiger partial charge in [0.05, 0.1) is 10.0 Å². The van der Waals surface area contributed by atoms with E-state index in [1.54, 1.807) is 12.4 Å². The standard InChI is InChI=1S/C24H26Cl2N2/c1-23(2,3)18-7-15(8-19(11-18)24(4,5)6)16-9-20(25)22(21(26)10-16)17-12-27-14-28-13-17/h7-14H,1-6H3. The van der Waals surface area contributed by atoms with Crippen LogP contribution in [-0.4, -0.2) is 9.97 Å². The second kappa shape index (κ2) is 7.50. The molecule has 2 nitrogen and oxygen atoms in total. The predicted molar refractivity (Wildman–Crippen MR) is 120 cm³/mol. The van der Waals surface area contributed by atoms with Gasteiger partial charge in [-0.25, -0.2) is 9.97 Å². The highest BCUT2D eigenvalue weighted by atomic mass is 35.5. The first-order chi connectivity index (χ1) is 13.0. The van der Waals surface area contributed by atoms with Crippen LogP contribution in [0.5, 0.6) is 0 Å². The normalized spacial score (nSPS) is 12.3. The molecule has 1 heterocycles. The van der Waals surface area contributed by atoms with E-state index in [2.05, 4.69) is 69.7 Å². The van der Waals surface area contributed by atoms with Crippen molar-refractivity contribution in [2.75, 3.05) is 0 Å². The van der Waals surface area contributed by atoms with Crippen molar-refractivity contribution >= 4 is 23.2 Å². The molecule has 1 aromatic heterocycles. The Bertz CT molecular complexity index is 942. The molecule has 0 saturated heterocycles. The molecule has 0 atom stereocenters. The summed E-state index contributed by atoms with van der Waals surface area (Å²) >= 11 is 13.3. The predicted octanol–water partition coefficient (Wildman–Crippen LogP) is 7.71. The maximum atomic E-state index is 6.64. The van der Waals surface area contributed by atoms with Gasteiger partial charge in [0.15, 0.2) is 0 Å². The molecule has 2 aromatic carbocycles. The summed E-state index contributed by atoms with van der Waals surface area (Å²) < 4.78 is 0. The zero-order chi connectivity index (χ0) is 20.7. The Morgan fingerprint density at radius 1 is 0.607 bits per heavy atom. The fourth-order valence-corrected chi connectivity index (χ4v) is 3.81. The van der Waals surface area contributed by atoms with E-state index in [0.29, 0.717) is 10.0 Å². The van der Waals surface area contributed by atoms with Crippen LogP contribution >= 0.6 is 23.2 Å². The van der Waals surface area contributed by atoms with E-state index in [0.717, 1.165) is 22.3 Å². The van der Waals surface area contributed by atoms with Crippen molar-refractivity contribution in [1.82, 2.24) is 9.97 Å². The van der Waals surface area contributed by atoms with Crippen LogP contribution in [0.1, 0.15) is 52.7 Å². The first kappa shape index (κ1) is 20.8. The van der Waals surface area contributed by atoms with Crippen molar-refractivity contribution < 1.29 is 0 Å². The van der Waals surface area contributed by atoms with Crippen LogP contribution in [-0.2, 0) is 10.8 Å². The lowest BCUT2D eigenvalue weighted by atomic mass is 9.79. The van der Waals surface area contributed by atoms with E-state index in [1.165, 1.54) is 17.5 Å². The van der Waals surface area contributed by atoms with Gasteiger partial charge in [-0.15, -0.1) is 0 Å². The molecular weight excluding hydrogens is 387 g/mol. The molecule has 0 aliphatic carbocycles. The molecule has 28 heavy (non-hydrogen) atoms. The summed E-state index contributed by atoms with van der Waals surface area (Å²) in [5, 5.41) is 1.19. The minimum atomic E-state index is 0.0465. The Morgan fingerprint density at radius 2 is 1.04 bits per heavy atom. The van der Waals surface area contributed by atoms with Crippen molar-refractivity contribution in [2.24, 2.45) is 0 Å². The van der Waals surface area contributed by atoms with Crippen LogP contribution in [0.25, 0.3) is 22.3 Å². The molecule has 0 N–H and O–H groups in total. The molecule has 0 unspecified atom stereocenters. The molecule has 146 valence electrons. The van der Waals surface area contributed by atoms with Crippen molar-refractivity contribution in [2.45, 2.75) is 52.4 Å². The third kappa shape index (κ3) is 4.39. The fourth-order valence-electron chi connectivity index (χ4n) is 3.10. The molecule has 0 fully saturated rings. The third-order valence-corrected chi connectivity index (χ3v) is 5.49. The number of benzene rings is 2. The minimum absolute atomic E-state index is 0.0465. The largest absolute Gasteiger partial charge is 0.244 e. The summed E-state index contributed by atoms with van der Waals surface area (Å²) in [5.74, 6) is 0. The minimum Gasteiger partial charge on any atom is -0.244 e. The second-order valence-corrected chi connectivity index (χ2v) is 10.1. The average Bonchev–Trinajstić information content (AvgIpc) is 2.60. The number of halogens is 2. The van der Waals surface area contributed by atoms with E-state index >= 15 is 0 Å². The summed E-state index contributed by atoms with van der Waals surface area (Å²) in [6.45, 7) is 13.4. The Labute approximate surface area is 178 Å². The fraction of sp³-hybridized carbons (Fsp3) is 0.333. The first-order valence-corrected chi connectivity index (χ1v) is 10.1. The van der Waals surface area contributed by atoms with Crippen molar-refractivity contribution in [3.63, 3.8) is 0 Å². The highest BCUT2D eigenvalue weighted by Gasteiger charge is 2.21. The van der Waals surface area contributed by atoms with Gasteiger partial charge >= 0.3 is 0 Å². The summed E-state index contributed by atoms with van der Waals surface area (Å²) in [4.78, 5) is 8.15. The van der Waals surface area contributed by atoms with Crippen molar-refractivity contribution in [3.8, 4) is 22.3 Å². The van der Waals surface area contributed by atoms with Gasteiger partial charge < -0.3 is 0 Å². The Balaban J connectivity index is 2.19. The molecule has 3 aromatic rings. The van der Waals surface area contributed by atoms with E-state index in [9.17, 15) is 0 Å². The molecule has 0 bridgehead atoms. The Hall–Kier alpha value is -1.90. The van der Waals surface area contributed by atoms with Gasteiger partial charge in [-0.2, -0.15) is 0 Å². The van der Waals surface area contributed by atoms with E-state index in [1.807, 2.05) is 12.1 Å². The maximum Gasteiger partial charge on any atom is 0.115 e. The highest BCUT2D eigenvalue weighted by molar-refractivity contribution is 6.39. The number of rotatable bonds is 2. The molecule has 0 spiro atoms. The lowest BCUT2D eigenvalue weighted by Gasteiger charge is -2.26. The lowest BCUT2D eigenvalue weighted by molar-refractivity contribution is 0.569. The van der Waals surface area contributed by atoms with Crippen LogP contribution in [0, 0.1) is 0 Å². The van der Waals surface area contributed by atoms with Gasteiger partial charge in [0.2, 0.25) is 0 Å². The summed E-state index contributed by atoms with van der Waals surface area (Å²) in [6.07, 6.45) is 4.93. The van der Waals surface area contributed by atoms with Gasteiger partial charge in [0.25, 0.3) is 0 Å². The zero-order valence-electron chi connectivity index (χ0n) is 17.3. The molecule has 0 aliphatic heterocycles. The molecule has 0 radical (unpaired) electrons. The van der Waals surface area contributed by atoms with Crippen LogP contribution < -0.4 is 0 Å². The van der Waals surface area contributed by atoms with Crippen molar-refractivity contribution in [3.05, 3.63) is 70.2 Å². The van der Waals surface area contributed by atoms with Crippen LogP contribution in [0.4, 0.5) is 0 Å². The SMILES string of the molecule is CC(C)(C)c1cc(-c2cc(Cl)c(-c3cncnc3)c(Cl)c2)cc(C(C)(C)C)c1. The summed E-state index contributed by atoms with van der Waals surface area (Å²) in [5.41, 5.74) is 6.38. The lowest BCUT2D eigenvalue weighted by Crippen LogP contribution is -2.16. The topological polar surface area (TPSA) is 25.8 Å². The third-order valence-electron chi connectivity index (χ3n) is 4.89. The van der Waals surface area contributed by atoms with Crippen LogP contribution in [0.3, 0.4) is 0 Å². The van der Waals surface area contributed by atoms with Gasteiger partial charge in [0, 0.05) is 23.5 Å². The molecule has 4 heteroatoms. The number of hydrogen-bond acceptors (Lipinski definition) is 2. The van der Waals surface area contributed by atoms with E-state index in [-0.39, 0.29) is 10.8 Å². The van der Waals surface area contributed by atoms with Gasteiger partial charge in [-0.05, 0) is 45.2 Å². The molecule has 0 saturated carbocycles. The van der Waals surface area contributed by atoms with Gasteiger partial charge in [0.1, 0.15) is 6.33 Å². The van der Waals surface area contributed by atoms with Gasteiger partial charge in [-0.3, -0.25) is 0 Å². The maximum absolute atomic E-state index is 6.64. The van der Waals surface area contributed by atoms with Crippen molar-refractivity contribution in [1.29, 1.82) is 0 Å². The quantitative estimate of drug-likeness (QED) is 0.430. The average molecular weight is 413 g/mol. The second-order valence-electron chi connectivity index (χ2n) is 9.24. The molecule has 0 aliphatic rings. The van der Waals surface area contributed by atoms with E-state index < -0.39 is 0 Å². The zero-order valence-corrected chi connectivity index (χ0v) is 18.8.